The molecule has 1 heterocycles. The van der Waals surface area contributed by atoms with Crippen LogP contribution in [-0.4, -0.2) is 46.9 Å². The molecule has 2 N–H and O–H groups in total. The van der Waals surface area contributed by atoms with Crippen LogP contribution >= 0.6 is 35.3 Å². The highest BCUT2D eigenvalue weighted by Gasteiger charge is 2.21. The molecule has 9 heteroatoms. The first-order valence-electron chi connectivity index (χ1n) is 9.21. The lowest BCUT2D eigenvalue weighted by Crippen LogP contribution is -2.40. The minimum atomic E-state index is -3.19. The van der Waals surface area contributed by atoms with E-state index >= 15 is 0 Å². The lowest BCUT2D eigenvalue weighted by molar-refractivity contribution is 0.321. The number of ether oxygens (including phenoxy) is 1. The number of hydrogen-bond acceptors (Lipinski definition) is 5. The predicted octanol–water partition coefficient (Wildman–Crippen LogP) is 3.68. The van der Waals surface area contributed by atoms with Gasteiger partial charge in [0.05, 0.1) is 18.0 Å². The van der Waals surface area contributed by atoms with Gasteiger partial charge in [0.25, 0.3) is 0 Å². The number of nitrogens with one attached hydrogen (secondary N) is 2. The summed E-state index contributed by atoms with van der Waals surface area (Å²) in [7, 11) is -3.19. The van der Waals surface area contributed by atoms with Gasteiger partial charge >= 0.3 is 0 Å². The van der Waals surface area contributed by atoms with Crippen molar-refractivity contribution in [2.75, 3.05) is 32.5 Å². The molecule has 0 atom stereocenters. The smallest absolute Gasteiger partial charge is 0.191 e. The molecule has 1 aromatic heterocycles. The normalized spacial score (nSPS) is 12.2. The zero-order valence-electron chi connectivity index (χ0n) is 17.3. The summed E-state index contributed by atoms with van der Waals surface area (Å²) in [5.41, 5.74) is -0.0195. The number of hydrogen-bond donors (Lipinski definition) is 2. The van der Waals surface area contributed by atoms with E-state index in [1.165, 1.54) is 11.1 Å². The summed E-state index contributed by atoms with van der Waals surface area (Å²) < 4.78 is 28.6. The van der Waals surface area contributed by atoms with E-state index in [9.17, 15) is 8.42 Å². The van der Waals surface area contributed by atoms with Crippen LogP contribution in [0.3, 0.4) is 0 Å². The van der Waals surface area contributed by atoms with Crippen LogP contribution in [0.15, 0.2) is 51.7 Å². The summed E-state index contributed by atoms with van der Waals surface area (Å²) in [6.45, 7) is 8.89. The number of nitrogens with zero attached hydrogens (tertiary/aromatic N) is 1. The fourth-order valence-corrected chi connectivity index (χ4v) is 3.96. The Balaban J connectivity index is 0.00000420. The Kier molecular flexibility index (Phi) is 10.4. The minimum Gasteiger partial charge on any atom is -0.492 e. The maximum atomic E-state index is 11.5. The van der Waals surface area contributed by atoms with Crippen molar-refractivity contribution in [1.82, 2.24) is 10.6 Å². The Morgan fingerprint density at radius 1 is 1.17 bits per heavy atom. The van der Waals surface area contributed by atoms with Gasteiger partial charge in [-0.15, -0.1) is 35.3 Å². The average molecular weight is 552 g/mol. The van der Waals surface area contributed by atoms with Crippen LogP contribution in [0, 0.1) is 0 Å². The van der Waals surface area contributed by atoms with Crippen LogP contribution in [0.25, 0.3) is 0 Å². The molecule has 0 bridgehead atoms. The molecule has 6 nitrogen and oxygen atoms in total. The molecule has 0 amide bonds. The van der Waals surface area contributed by atoms with Gasteiger partial charge in [0.15, 0.2) is 15.8 Å². The molecule has 2 rings (SSSR count). The third-order valence-corrected chi connectivity index (χ3v) is 6.44. The fraction of sp³-hybridized carbons (Fsp3) is 0.450. The van der Waals surface area contributed by atoms with Gasteiger partial charge in [-0.05, 0) is 42.6 Å². The van der Waals surface area contributed by atoms with Gasteiger partial charge in [0.2, 0.25) is 0 Å². The summed E-state index contributed by atoms with van der Waals surface area (Å²) >= 11 is 1.75. The molecule has 0 radical (unpaired) electrons. The van der Waals surface area contributed by atoms with E-state index in [2.05, 4.69) is 42.0 Å². The first kappa shape index (κ1) is 25.7. The Bertz CT molecular complexity index is 865. The maximum Gasteiger partial charge on any atom is 0.191 e. The van der Waals surface area contributed by atoms with Crippen molar-refractivity contribution < 1.29 is 13.2 Å². The Morgan fingerprint density at radius 3 is 2.41 bits per heavy atom. The third kappa shape index (κ3) is 8.51. The Morgan fingerprint density at radius 2 is 1.86 bits per heavy atom. The van der Waals surface area contributed by atoms with Crippen molar-refractivity contribution in [3.63, 3.8) is 0 Å². The zero-order valence-corrected chi connectivity index (χ0v) is 21.2. The highest BCUT2D eigenvalue weighted by Crippen LogP contribution is 2.27. The predicted molar refractivity (Wildman–Crippen MR) is 132 cm³/mol. The van der Waals surface area contributed by atoms with Gasteiger partial charge < -0.3 is 15.4 Å². The SMILES string of the molecule is CCNC(=NCC(C)(C)c1cccs1)NCCOc1ccc(S(C)(=O)=O)cc1.I. The molecule has 29 heavy (non-hydrogen) atoms. The summed E-state index contributed by atoms with van der Waals surface area (Å²) in [4.78, 5) is 6.30. The number of rotatable bonds is 9. The molecule has 162 valence electrons. The first-order valence-corrected chi connectivity index (χ1v) is 12.0. The third-order valence-electron chi connectivity index (χ3n) is 4.08. The molecule has 0 aliphatic heterocycles. The van der Waals surface area contributed by atoms with Gasteiger partial charge in [0.1, 0.15) is 12.4 Å². The number of benzene rings is 1. The van der Waals surface area contributed by atoms with Crippen molar-refractivity contribution >= 4 is 51.1 Å². The van der Waals surface area contributed by atoms with E-state index in [0.717, 1.165) is 12.5 Å². The van der Waals surface area contributed by atoms with E-state index in [4.69, 9.17) is 9.73 Å². The van der Waals surface area contributed by atoms with E-state index in [1.807, 2.05) is 6.92 Å². The molecule has 0 saturated carbocycles. The standard InChI is InChI=1S/C20H29N3O3S2.HI/c1-5-21-19(23-15-20(2,3)18-7-6-14-27-18)22-12-13-26-16-8-10-17(11-9-16)28(4,24)25;/h6-11,14H,5,12-13,15H2,1-4H3,(H2,21,22,23);1H. The molecular formula is C20H30IN3O3S2. The largest absolute Gasteiger partial charge is 0.492 e. The summed E-state index contributed by atoms with van der Waals surface area (Å²) in [6, 6.07) is 10.6. The van der Waals surface area contributed by atoms with Crippen molar-refractivity contribution in [2.24, 2.45) is 4.99 Å². The summed E-state index contributed by atoms with van der Waals surface area (Å²) in [6.07, 6.45) is 1.19. The van der Waals surface area contributed by atoms with Gasteiger partial charge in [-0.3, -0.25) is 4.99 Å². The fourth-order valence-electron chi connectivity index (χ4n) is 2.48. The van der Waals surface area contributed by atoms with Crippen molar-refractivity contribution in [2.45, 2.75) is 31.1 Å². The highest BCUT2D eigenvalue weighted by atomic mass is 127. The minimum absolute atomic E-state index is 0. The summed E-state index contributed by atoms with van der Waals surface area (Å²) in [5, 5.41) is 8.60. The van der Waals surface area contributed by atoms with E-state index in [-0.39, 0.29) is 34.3 Å². The van der Waals surface area contributed by atoms with Gasteiger partial charge in [-0.2, -0.15) is 0 Å². The highest BCUT2D eigenvalue weighted by molar-refractivity contribution is 14.0. The van der Waals surface area contributed by atoms with Crippen LogP contribution in [0.1, 0.15) is 25.6 Å². The van der Waals surface area contributed by atoms with Gasteiger partial charge in [0, 0.05) is 23.1 Å². The second kappa shape index (κ2) is 11.8. The number of thiophene rings is 1. The van der Waals surface area contributed by atoms with Gasteiger partial charge in [-0.1, -0.05) is 19.9 Å². The average Bonchev–Trinajstić information content (AvgIpc) is 3.18. The van der Waals surface area contributed by atoms with E-state index < -0.39 is 9.84 Å². The molecule has 0 unspecified atom stereocenters. The molecular weight excluding hydrogens is 521 g/mol. The van der Waals surface area contributed by atoms with Crippen molar-refractivity contribution in [3.05, 3.63) is 46.7 Å². The first-order chi connectivity index (χ1) is 13.2. The lowest BCUT2D eigenvalue weighted by atomic mass is 9.92. The number of guanidine groups is 1. The Labute approximate surface area is 195 Å². The number of aliphatic imine (C=N–C) groups is 1. The summed E-state index contributed by atoms with van der Waals surface area (Å²) in [5.74, 6) is 1.39. The molecule has 0 fully saturated rings. The second-order valence-electron chi connectivity index (χ2n) is 7.08. The molecule has 0 aliphatic rings. The number of halogens is 1. The van der Waals surface area contributed by atoms with Crippen LogP contribution in [-0.2, 0) is 15.3 Å². The van der Waals surface area contributed by atoms with Crippen LogP contribution in [0.4, 0.5) is 0 Å². The molecule has 1 aromatic carbocycles. The van der Waals surface area contributed by atoms with E-state index in [0.29, 0.717) is 25.4 Å². The Hall–Kier alpha value is -1.33. The van der Waals surface area contributed by atoms with Crippen LogP contribution < -0.4 is 15.4 Å². The monoisotopic (exact) mass is 551 g/mol. The van der Waals surface area contributed by atoms with Crippen molar-refractivity contribution in [3.8, 4) is 5.75 Å². The molecule has 0 aliphatic carbocycles. The molecule has 2 aromatic rings. The maximum absolute atomic E-state index is 11.5. The zero-order chi connectivity index (χ0) is 20.6. The molecule has 0 saturated heterocycles. The number of sulfone groups is 1. The molecule has 0 spiro atoms. The van der Waals surface area contributed by atoms with E-state index in [1.54, 1.807) is 35.6 Å². The quantitative estimate of drug-likeness (QED) is 0.215. The topological polar surface area (TPSA) is 79.8 Å². The van der Waals surface area contributed by atoms with Crippen LogP contribution in [0.5, 0.6) is 5.75 Å². The van der Waals surface area contributed by atoms with Crippen molar-refractivity contribution in [1.29, 1.82) is 0 Å². The second-order valence-corrected chi connectivity index (χ2v) is 10.0. The lowest BCUT2D eigenvalue weighted by Gasteiger charge is -2.21. The van der Waals surface area contributed by atoms with Gasteiger partial charge in [-0.25, -0.2) is 8.42 Å². The van der Waals surface area contributed by atoms with Crippen LogP contribution in [0.2, 0.25) is 0 Å².